The predicted molar refractivity (Wildman–Crippen MR) is 91.0 cm³/mol. The monoisotopic (exact) mass is 321 g/mol. The van der Waals surface area contributed by atoms with Crippen LogP contribution in [0.5, 0.6) is 0 Å². The molecule has 24 heavy (non-hydrogen) atoms. The van der Waals surface area contributed by atoms with Crippen LogP contribution < -0.4 is 5.32 Å². The number of aromatic nitrogens is 4. The van der Waals surface area contributed by atoms with E-state index in [-0.39, 0.29) is 5.91 Å². The normalized spacial score (nSPS) is 10.6. The molecule has 0 saturated heterocycles. The lowest BCUT2D eigenvalue weighted by Gasteiger charge is -2.12. The van der Waals surface area contributed by atoms with Crippen LogP contribution in [0.3, 0.4) is 0 Å². The smallest absolute Gasteiger partial charge is 0.270 e. The SMILES string of the molecule is Cc1cc(C(=O)NCc2ccccc2-n2ccnc2C)nc(C)n1. The highest BCUT2D eigenvalue weighted by atomic mass is 16.1. The van der Waals surface area contributed by atoms with Gasteiger partial charge in [0.05, 0.1) is 5.69 Å². The molecule has 122 valence electrons. The summed E-state index contributed by atoms with van der Waals surface area (Å²) in [5.41, 5.74) is 3.18. The van der Waals surface area contributed by atoms with Crippen molar-refractivity contribution in [2.75, 3.05) is 0 Å². The second-order valence-corrected chi connectivity index (χ2v) is 5.60. The molecular formula is C18H19N5O. The van der Waals surface area contributed by atoms with Crippen molar-refractivity contribution in [2.45, 2.75) is 27.3 Å². The average Bonchev–Trinajstić information content (AvgIpc) is 2.98. The molecule has 1 N–H and O–H groups in total. The first-order chi connectivity index (χ1) is 11.5. The summed E-state index contributed by atoms with van der Waals surface area (Å²) in [6.07, 6.45) is 3.67. The number of nitrogens with zero attached hydrogens (tertiary/aromatic N) is 4. The minimum absolute atomic E-state index is 0.208. The molecule has 0 aliphatic rings. The van der Waals surface area contributed by atoms with Crippen LogP contribution in [-0.4, -0.2) is 25.4 Å². The summed E-state index contributed by atoms with van der Waals surface area (Å²) in [7, 11) is 0. The lowest BCUT2D eigenvalue weighted by Crippen LogP contribution is -2.25. The van der Waals surface area contributed by atoms with E-state index in [0.29, 0.717) is 18.1 Å². The van der Waals surface area contributed by atoms with E-state index in [4.69, 9.17) is 0 Å². The van der Waals surface area contributed by atoms with Crippen LogP contribution in [0.1, 0.15) is 33.4 Å². The number of carbonyl (C=O) groups excluding carboxylic acids is 1. The minimum atomic E-state index is -0.208. The summed E-state index contributed by atoms with van der Waals surface area (Å²) in [4.78, 5) is 25.0. The molecule has 6 nitrogen and oxygen atoms in total. The largest absolute Gasteiger partial charge is 0.347 e. The van der Waals surface area contributed by atoms with Crippen LogP contribution in [0.15, 0.2) is 42.7 Å². The number of aryl methyl sites for hydroxylation is 3. The average molecular weight is 321 g/mol. The lowest BCUT2D eigenvalue weighted by atomic mass is 10.1. The fourth-order valence-corrected chi connectivity index (χ4v) is 2.63. The van der Waals surface area contributed by atoms with E-state index in [1.165, 1.54) is 0 Å². The molecule has 0 radical (unpaired) electrons. The van der Waals surface area contributed by atoms with Crippen molar-refractivity contribution in [1.82, 2.24) is 24.8 Å². The molecule has 0 bridgehead atoms. The zero-order valence-corrected chi connectivity index (χ0v) is 13.9. The number of imidazole rings is 1. The van der Waals surface area contributed by atoms with E-state index >= 15 is 0 Å². The van der Waals surface area contributed by atoms with Crippen molar-refractivity contribution in [3.8, 4) is 5.69 Å². The second kappa shape index (κ2) is 6.62. The van der Waals surface area contributed by atoms with Crippen LogP contribution in [0, 0.1) is 20.8 Å². The third-order valence-corrected chi connectivity index (χ3v) is 3.71. The molecule has 0 unspecified atom stereocenters. The Morgan fingerprint density at radius 3 is 2.67 bits per heavy atom. The molecule has 3 aromatic rings. The van der Waals surface area contributed by atoms with Gasteiger partial charge in [0.15, 0.2) is 0 Å². The Morgan fingerprint density at radius 1 is 1.17 bits per heavy atom. The van der Waals surface area contributed by atoms with Gasteiger partial charge in [-0.15, -0.1) is 0 Å². The maximum Gasteiger partial charge on any atom is 0.270 e. The Hall–Kier alpha value is -3.02. The van der Waals surface area contributed by atoms with E-state index in [0.717, 1.165) is 22.8 Å². The van der Waals surface area contributed by atoms with E-state index in [1.54, 1.807) is 19.2 Å². The second-order valence-electron chi connectivity index (χ2n) is 5.60. The van der Waals surface area contributed by atoms with Gasteiger partial charge in [-0.25, -0.2) is 15.0 Å². The molecule has 3 rings (SSSR count). The lowest BCUT2D eigenvalue weighted by molar-refractivity contribution is 0.0945. The van der Waals surface area contributed by atoms with Crippen molar-refractivity contribution < 1.29 is 4.79 Å². The number of para-hydroxylation sites is 1. The van der Waals surface area contributed by atoms with Crippen LogP contribution >= 0.6 is 0 Å². The van der Waals surface area contributed by atoms with Crippen molar-refractivity contribution >= 4 is 5.91 Å². The number of carbonyl (C=O) groups is 1. The van der Waals surface area contributed by atoms with Crippen molar-refractivity contribution in [1.29, 1.82) is 0 Å². The van der Waals surface area contributed by atoms with Crippen LogP contribution in [0.2, 0.25) is 0 Å². The molecule has 0 spiro atoms. The Labute approximate surface area is 140 Å². The Morgan fingerprint density at radius 2 is 1.96 bits per heavy atom. The van der Waals surface area contributed by atoms with Gasteiger partial charge in [-0.05, 0) is 38.5 Å². The number of nitrogens with one attached hydrogen (secondary N) is 1. The summed E-state index contributed by atoms with van der Waals surface area (Å²) in [5, 5.41) is 2.93. The molecule has 1 aromatic carbocycles. The van der Waals surface area contributed by atoms with E-state index in [2.05, 4.69) is 20.3 Å². The maximum atomic E-state index is 12.4. The maximum absolute atomic E-state index is 12.4. The highest BCUT2D eigenvalue weighted by Gasteiger charge is 2.11. The molecule has 0 fully saturated rings. The Balaban J connectivity index is 1.80. The summed E-state index contributed by atoms with van der Waals surface area (Å²) in [5.74, 6) is 1.28. The first-order valence-electron chi connectivity index (χ1n) is 7.73. The number of rotatable bonds is 4. The van der Waals surface area contributed by atoms with Crippen molar-refractivity contribution in [3.63, 3.8) is 0 Å². The molecular weight excluding hydrogens is 302 g/mol. The number of hydrogen-bond acceptors (Lipinski definition) is 4. The van der Waals surface area contributed by atoms with Gasteiger partial charge in [0.1, 0.15) is 17.3 Å². The predicted octanol–water partition coefficient (Wildman–Crippen LogP) is 2.52. The number of hydrogen-bond donors (Lipinski definition) is 1. The fraction of sp³-hybridized carbons (Fsp3) is 0.222. The highest BCUT2D eigenvalue weighted by molar-refractivity contribution is 5.92. The Kier molecular flexibility index (Phi) is 4.37. The molecule has 6 heteroatoms. The van der Waals surface area contributed by atoms with Gasteiger partial charge in [0.25, 0.3) is 5.91 Å². The minimum Gasteiger partial charge on any atom is -0.347 e. The fourth-order valence-electron chi connectivity index (χ4n) is 2.63. The van der Waals surface area contributed by atoms with Gasteiger partial charge in [0, 0.05) is 24.6 Å². The van der Waals surface area contributed by atoms with E-state index in [9.17, 15) is 4.79 Å². The molecule has 0 atom stereocenters. The highest BCUT2D eigenvalue weighted by Crippen LogP contribution is 2.16. The van der Waals surface area contributed by atoms with Gasteiger partial charge < -0.3 is 9.88 Å². The third kappa shape index (κ3) is 3.32. The third-order valence-electron chi connectivity index (χ3n) is 3.71. The quantitative estimate of drug-likeness (QED) is 0.801. The van der Waals surface area contributed by atoms with Crippen LogP contribution in [0.4, 0.5) is 0 Å². The summed E-state index contributed by atoms with van der Waals surface area (Å²) in [6.45, 7) is 5.99. The zero-order valence-electron chi connectivity index (χ0n) is 13.9. The number of amides is 1. The first kappa shape index (κ1) is 15.9. The van der Waals surface area contributed by atoms with Crippen molar-refractivity contribution in [3.05, 3.63) is 71.3 Å². The summed E-state index contributed by atoms with van der Waals surface area (Å²) >= 11 is 0. The van der Waals surface area contributed by atoms with Gasteiger partial charge in [0.2, 0.25) is 0 Å². The van der Waals surface area contributed by atoms with Crippen LogP contribution in [-0.2, 0) is 6.54 Å². The van der Waals surface area contributed by atoms with Gasteiger partial charge in [-0.1, -0.05) is 18.2 Å². The summed E-state index contributed by atoms with van der Waals surface area (Å²) in [6, 6.07) is 9.61. The summed E-state index contributed by atoms with van der Waals surface area (Å²) < 4.78 is 2.00. The molecule has 2 aromatic heterocycles. The molecule has 1 amide bonds. The van der Waals surface area contributed by atoms with Gasteiger partial charge in [-0.3, -0.25) is 4.79 Å². The van der Waals surface area contributed by atoms with Gasteiger partial charge in [-0.2, -0.15) is 0 Å². The first-order valence-corrected chi connectivity index (χ1v) is 7.73. The zero-order chi connectivity index (χ0) is 17.1. The molecule has 0 aliphatic heterocycles. The Bertz CT molecular complexity index is 864. The standard InChI is InChI=1S/C18H19N5O/c1-12-10-16(22-13(2)21-12)18(24)20-11-15-6-4-5-7-17(15)23-9-8-19-14(23)3/h4-10H,11H2,1-3H3,(H,20,24). The molecule has 0 saturated carbocycles. The topological polar surface area (TPSA) is 72.7 Å². The molecule has 0 aliphatic carbocycles. The molecule has 2 heterocycles. The van der Waals surface area contributed by atoms with Gasteiger partial charge >= 0.3 is 0 Å². The van der Waals surface area contributed by atoms with E-state index in [1.807, 2.05) is 48.9 Å². The number of benzene rings is 1. The van der Waals surface area contributed by atoms with E-state index < -0.39 is 0 Å². The van der Waals surface area contributed by atoms with Crippen LogP contribution in [0.25, 0.3) is 5.69 Å². The van der Waals surface area contributed by atoms with Crippen molar-refractivity contribution in [2.24, 2.45) is 0 Å².